The van der Waals surface area contributed by atoms with Crippen LogP contribution in [0.1, 0.15) is 13.3 Å². The van der Waals surface area contributed by atoms with Crippen molar-refractivity contribution in [1.82, 2.24) is 4.90 Å². The van der Waals surface area contributed by atoms with Gasteiger partial charge in [-0.15, -0.1) is 0 Å². The molecule has 1 aromatic carbocycles. The number of alkyl halides is 3. The average Bonchev–Trinajstić information content (AvgIpc) is 2.37. The minimum atomic E-state index is -4.23. The lowest BCUT2D eigenvalue weighted by Gasteiger charge is -2.23. The zero-order chi connectivity index (χ0) is 15.9. The van der Waals surface area contributed by atoms with E-state index in [4.69, 9.17) is 14.8 Å². The number of ether oxygens (including phenoxy) is 1. The van der Waals surface area contributed by atoms with Crippen LogP contribution >= 0.6 is 0 Å². The smallest absolute Gasteiger partial charge is 0.488 e. The third kappa shape index (κ3) is 7.36. The largest absolute Gasteiger partial charge is 0.492 e. The second kappa shape index (κ2) is 8.26. The molecule has 0 unspecified atom stereocenters. The van der Waals surface area contributed by atoms with Crippen molar-refractivity contribution in [3.8, 4) is 5.75 Å². The summed E-state index contributed by atoms with van der Waals surface area (Å²) in [4.78, 5) is 1.28. The lowest BCUT2D eigenvalue weighted by molar-refractivity contribution is -0.146. The Kier molecular flexibility index (Phi) is 7.00. The Morgan fingerprint density at radius 1 is 1.24 bits per heavy atom. The van der Waals surface area contributed by atoms with Crippen LogP contribution in [0.15, 0.2) is 24.3 Å². The molecule has 0 fully saturated rings. The molecule has 0 heterocycles. The third-order valence-corrected chi connectivity index (χ3v) is 2.78. The molecule has 0 atom stereocenters. The number of hydrogen-bond acceptors (Lipinski definition) is 4. The molecule has 0 aliphatic rings. The van der Waals surface area contributed by atoms with Crippen LogP contribution < -0.4 is 10.2 Å². The first-order chi connectivity index (χ1) is 9.81. The number of rotatable bonds is 8. The van der Waals surface area contributed by atoms with Gasteiger partial charge in [-0.05, 0) is 30.6 Å². The Morgan fingerprint density at radius 3 is 2.52 bits per heavy atom. The maximum atomic E-state index is 12.4. The summed E-state index contributed by atoms with van der Waals surface area (Å²) in [6, 6.07) is 6.16. The normalized spacial score (nSPS) is 11.8. The Balaban J connectivity index is 2.48. The second-order valence-corrected chi connectivity index (χ2v) is 4.69. The van der Waals surface area contributed by atoms with E-state index in [1.165, 1.54) is 17.0 Å². The molecule has 0 radical (unpaired) electrons. The molecule has 0 saturated heterocycles. The summed E-state index contributed by atoms with van der Waals surface area (Å²) >= 11 is 0. The number of halogens is 3. The van der Waals surface area contributed by atoms with Gasteiger partial charge < -0.3 is 14.8 Å². The average molecular weight is 305 g/mol. The summed E-state index contributed by atoms with van der Waals surface area (Å²) < 4.78 is 42.5. The summed E-state index contributed by atoms with van der Waals surface area (Å²) in [6.45, 7) is 1.45. The Labute approximate surface area is 122 Å². The van der Waals surface area contributed by atoms with Crippen LogP contribution in [0.4, 0.5) is 13.2 Å². The molecule has 21 heavy (non-hydrogen) atoms. The van der Waals surface area contributed by atoms with Crippen LogP contribution in [0, 0.1) is 0 Å². The molecule has 4 nitrogen and oxygen atoms in total. The topological polar surface area (TPSA) is 52.9 Å². The molecule has 8 heteroatoms. The monoisotopic (exact) mass is 305 g/mol. The van der Waals surface area contributed by atoms with E-state index in [1.807, 2.05) is 6.92 Å². The summed E-state index contributed by atoms with van der Waals surface area (Å²) in [6.07, 6.45) is -3.60. The van der Waals surface area contributed by atoms with Gasteiger partial charge in [-0.1, -0.05) is 19.1 Å². The van der Waals surface area contributed by atoms with Crippen molar-refractivity contribution in [1.29, 1.82) is 0 Å². The predicted molar refractivity (Wildman–Crippen MR) is 74.5 cm³/mol. The molecule has 0 aliphatic heterocycles. The van der Waals surface area contributed by atoms with Gasteiger partial charge in [0.15, 0.2) is 0 Å². The molecule has 118 valence electrons. The molecule has 0 saturated carbocycles. The van der Waals surface area contributed by atoms with E-state index >= 15 is 0 Å². The molecule has 1 aromatic rings. The maximum Gasteiger partial charge on any atom is 0.488 e. The lowest BCUT2D eigenvalue weighted by Crippen LogP contribution is -2.37. The maximum absolute atomic E-state index is 12.4. The summed E-state index contributed by atoms with van der Waals surface area (Å²) in [7, 11) is -1.60. The van der Waals surface area contributed by atoms with Crippen LogP contribution in [0.3, 0.4) is 0 Å². The van der Waals surface area contributed by atoms with Gasteiger partial charge in [0.25, 0.3) is 0 Å². The highest BCUT2D eigenvalue weighted by Gasteiger charge is 2.30. The first-order valence-electron chi connectivity index (χ1n) is 6.70. The highest BCUT2D eigenvalue weighted by atomic mass is 19.4. The van der Waals surface area contributed by atoms with Crippen LogP contribution in [0.25, 0.3) is 0 Å². The molecule has 0 aromatic heterocycles. The summed E-state index contributed by atoms with van der Waals surface area (Å²) in [5.74, 6) is 0.393. The highest BCUT2D eigenvalue weighted by Crippen LogP contribution is 2.16. The van der Waals surface area contributed by atoms with Crippen molar-refractivity contribution < 1.29 is 28.0 Å². The standard InChI is InChI=1S/C13H19BF3NO3/c1-2-6-18(10-13(15,16)17)7-8-21-12-5-3-4-11(9-12)14(19)20/h3-5,9,19-20H,2,6-8,10H2,1H3. The van der Waals surface area contributed by atoms with E-state index in [9.17, 15) is 13.2 Å². The minimum absolute atomic E-state index is 0.0983. The summed E-state index contributed by atoms with van der Waals surface area (Å²) in [5, 5.41) is 18.1. The Bertz CT molecular complexity index is 429. The van der Waals surface area contributed by atoms with Gasteiger partial charge in [-0.3, -0.25) is 4.90 Å². The van der Waals surface area contributed by atoms with E-state index < -0.39 is 19.8 Å². The SMILES string of the molecule is CCCN(CCOc1cccc(B(O)O)c1)CC(F)(F)F. The predicted octanol–water partition coefficient (Wildman–Crippen LogP) is 1.02. The molecule has 2 N–H and O–H groups in total. The first kappa shape index (κ1) is 17.8. The van der Waals surface area contributed by atoms with Crippen molar-refractivity contribution >= 4 is 12.6 Å². The molecular formula is C13H19BF3NO3. The number of benzene rings is 1. The quantitative estimate of drug-likeness (QED) is 0.704. The van der Waals surface area contributed by atoms with Crippen molar-refractivity contribution in [2.45, 2.75) is 19.5 Å². The first-order valence-corrected chi connectivity index (χ1v) is 6.70. The number of nitrogens with zero attached hydrogens (tertiary/aromatic N) is 1. The third-order valence-electron chi connectivity index (χ3n) is 2.78. The second-order valence-electron chi connectivity index (χ2n) is 4.69. The van der Waals surface area contributed by atoms with Gasteiger partial charge in [0.05, 0.1) is 6.54 Å². The van der Waals surface area contributed by atoms with Gasteiger partial charge in [-0.25, -0.2) is 0 Å². The fraction of sp³-hybridized carbons (Fsp3) is 0.538. The lowest BCUT2D eigenvalue weighted by atomic mass is 9.80. The van der Waals surface area contributed by atoms with E-state index in [-0.39, 0.29) is 18.6 Å². The van der Waals surface area contributed by atoms with Gasteiger partial charge >= 0.3 is 13.3 Å². The van der Waals surface area contributed by atoms with E-state index in [0.29, 0.717) is 18.7 Å². The molecule has 0 aliphatic carbocycles. The van der Waals surface area contributed by atoms with Gasteiger partial charge in [0.2, 0.25) is 0 Å². The van der Waals surface area contributed by atoms with Crippen LogP contribution in [-0.2, 0) is 0 Å². The fourth-order valence-corrected chi connectivity index (χ4v) is 1.90. The highest BCUT2D eigenvalue weighted by molar-refractivity contribution is 6.58. The summed E-state index contributed by atoms with van der Waals surface area (Å²) in [5.41, 5.74) is 0.271. The Morgan fingerprint density at radius 2 is 1.95 bits per heavy atom. The van der Waals surface area contributed by atoms with Gasteiger partial charge in [-0.2, -0.15) is 13.2 Å². The van der Waals surface area contributed by atoms with Gasteiger partial charge in [0.1, 0.15) is 12.4 Å². The van der Waals surface area contributed by atoms with Crippen LogP contribution in [0.5, 0.6) is 5.75 Å². The van der Waals surface area contributed by atoms with Crippen molar-refractivity contribution in [2.24, 2.45) is 0 Å². The fourth-order valence-electron chi connectivity index (χ4n) is 1.90. The van der Waals surface area contributed by atoms with Crippen LogP contribution in [-0.4, -0.2) is 54.5 Å². The number of hydrogen-bond donors (Lipinski definition) is 2. The van der Waals surface area contributed by atoms with E-state index in [2.05, 4.69) is 0 Å². The van der Waals surface area contributed by atoms with Crippen molar-refractivity contribution in [3.63, 3.8) is 0 Å². The van der Waals surface area contributed by atoms with E-state index in [0.717, 1.165) is 0 Å². The van der Waals surface area contributed by atoms with Crippen molar-refractivity contribution in [3.05, 3.63) is 24.3 Å². The zero-order valence-corrected chi connectivity index (χ0v) is 11.8. The van der Waals surface area contributed by atoms with Crippen LogP contribution in [0.2, 0.25) is 0 Å². The van der Waals surface area contributed by atoms with E-state index in [1.54, 1.807) is 12.1 Å². The molecule has 0 amide bonds. The van der Waals surface area contributed by atoms with Gasteiger partial charge in [0, 0.05) is 6.54 Å². The molecule has 0 spiro atoms. The minimum Gasteiger partial charge on any atom is -0.492 e. The molecule has 0 bridgehead atoms. The Hall–Kier alpha value is -1.25. The van der Waals surface area contributed by atoms with Crippen molar-refractivity contribution in [2.75, 3.05) is 26.2 Å². The molecular weight excluding hydrogens is 286 g/mol. The zero-order valence-electron chi connectivity index (χ0n) is 11.8. The molecule has 1 rings (SSSR count).